The van der Waals surface area contributed by atoms with Gasteiger partial charge in [0.1, 0.15) is 0 Å². The molecule has 0 unspecified atom stereocenters. The lowest BCUT2D eigenvalue weighted by molar-refractivity contribution is 0.210. The second-order valence-electron chi connectivity index (χ2n) is 5.99. The maximum atomic E-state index is 3.71. The standard InChI is InChI=1S/C17H28N2/c1-15(2)19(14-16-8-4-3-5-9-16)13-12-18-17-10-6-7-11-17/h3-5,8-9,15,17-18H,6-7,10-14H2,1-2H3. The first-order valence-electron chi connectivity index (χ1n) is 7.77. The Kier molecular flexibility index (Phi) is 5.87. The van der Waals surface area contributed by atoms with E-state index in [9.17, 15) is 0 Å². The molecule has 0 bridgehead atoms. The van der Waals surface area contributed by atoms with E-state index in [4.69, 9.17) is 0 Å². The lowest BCUT2D eigenvalue weighted by atomic mass is 10.2. The molecule has 0 spiro atoms. The van der Waals surface area contributed by atoms with Gasteiger partial charge in [-0.05, 0) is 32.3 Å². The molecule has 1 aliphatic rings. The van der Waals surface area contributed by atoms with Crippen molar-refractivity contribution in [1.82, 2.24) is 10.2 Å². The minimum absolute atomic E-state index is 0.602. The first-order valence-corrected chi connectivity index (χ1v) is 7.77. The Morgan fingerprint density at radius 2 is 1.84 bits per heavy atom. The molecule has 0 atom stereocenters. The molecule has 0 amide bonds. The molecule has 0 radical (unpaired) electrons. The molecule has 1 aliphatic carbocycles. The molecule has 1 aromatic carbocycles. The molecule has 1 aromatic rings. The monoisotopic (exact) mass is 260 g/mol. The molecule has 0 heterocycles. The average molecular weight is 260 g/mol. The summed E-state index contributed by atoms with van der Waals surface area (Å²) < 4.78 is 0. The Labute approximate surface area is 118 Å². The van der Waals surface area contributed by atoms with Crippen molar-refractivity contribution in [3.8, 4) is 0 Å². The van der Waals surface area contributed by atoms with Crippen LogP contribution in [-0.2, 0) is 6.54 Å². The third kappa shape index (κ3) is 4.96. The van der Waals surface area contributed by atoms with Crippen LogP contribution in [0.4, 0.5) is 0 Å². The Balaban J connectivity index is 1.76. The van der Waals surface area contributed by atoms with Crippen LogP contribution in [0, 0.1) is 0 Å². The maximum Gasteiger partial charge on any atom is 0.0236 e. The van der Waals surface area contributed by atoms with Gasteiger partial charge in [-0.3, -0.25) is 4.90 Å². The zero-order chi connectivity index (χ0) is 13.5. The Hall–Kier alpha value is -0.860. The quantitative estimate of drug-likeness (QED) is 0.808. The highest BCUT2D eigenvalue weighted by molar-refractivity contribution is 5.14. The first kappa shape index (κ1) is 14.5. The van der Waals surface area contributed by atoms with Crippen molar-refractivity contribution in [3.05, 3.63) is 35.9 Å². The minimum atomic E-state index is 0.602. The van der Waals surface area contributed by atoms with Crippen LogP contribution in [-0.4, -0.2) is 30.1 Å². The number of benzene rings is 1. The van der Waals surface area contributed by atoms with Gasteiger partial charge in [0, 0.05) is 31.7 Å². The van der Waals surface area contributed by atoms with Crippen LogP contribution in [0.1, 0.15) is 45.1 Å². The van der Waals surface area contributed by atoms with Gasteiger partial charge in [-0.1, -0.05) is 43.2 Å². The van der Waals surface area contributed by atoms with Gasteiger partial charge in [0.05, 0.1) is 0 Å². The van der Waals surface area contributed by atoms with Crippen molar-refractivity contribution in [3.63, 3.8) is 0 Å². The molecule has 1 fully saturated rings. The summed E-state index contributed by atoms with van der Waals surface area (Å²) in [5.41, 5.74) is 1.41. The molecule has 2 nitrogen and oxygen atoms in total. The number of nitrogens with one attached hydrogen (secondary N) is 1. The Bertz CT molecular complexity index is 342. The Morgan fingerprint density at radius 1 is 1.16 bits per heavy atom. The van der Waals surface area contributed by atoms with E-state index < -0.39 is 0 Å². The zero-order valence-corrected chi connectivity index (χ0v) is 12.4. The van der Waals surface area contributed by atoms with Crippen LogP contribution in [0.15, 0.2) is 30.3 Å². The molecular weight excluding hydrogens is 232 g/mol. The zero-order valence-electron chi connectivity index (χ0n) is 12.4. The summed E-state index contributed by atoms with van der Waals surface area (Å²) >= 11 is 0. The van der Waals surface area contributed by atoms with Gasteiger partial charge in [0.2, 0.25) is 0 Å². The third-order valence-electron chi connectivity index (χ3n) is 4.15. The summed E-state index contributed by atoms with van der Waals surface area (Å²) in [6.07, 6.45) is 5.58. The van der Waals surface area contributed by atoms with Crippen molar-refractivity contribution < 1.29 is 0 Å². The van der Waals surface area contributed by atoms with E-state index in [2.05, 4.69) is 54.4 Å². The molecule has 0 aromatic heterocycles. The largest absolute Gasteiger partial charge is 0.313 e. The minimum Gasteiger partial charge on any atom is -0.313 e. The molecule has 2 rings (SSSR count). The second kappa shape index (κ2) is 7.66. The van der Waals surface area contributed by atoms with Crippen LogP contribution < -0.4 is 5.32 Å². The SMILES string of the molecule is CC(C)N(CCNC1CCCC1)Cc1ccccc1. The van der Waals surface area contributed by atoms with Crippen LogP contribution in [0.2, 0.25) is 0 Å². The molecular formula is C17H28N2. The molecule has 106 valence electrons. The summed E-state index contributed by atoms with van der Waals surface area (Å²) in [5, 5.41) is 3.71. The Morgan fingerprint density at radius 3 is 2.47 bits per heavy atom. The smallest absolute Gasteiger partial charge is 0.0236 e. The maximum absolute atomic E-state index is 3.71. The molecule has 2 heteroatoms. The van der Waals surface area contributed by atoms with Crippen molar-refractivity contribution in [1.29, 1.82) is 0 Å². The van der Waals surface area contributed by atoms with Crippen LogP contribution in [0.5, 0.6) is 0 Å². The summed E-state index contributed by atoms with van der Waals surface area (Å²) in [5.74, 6) is 0. The third-order valence-corrected chi connectivity index (χ3v) is 4.15. The molecule has 0 saturated heterocycles. The van der Waals surface area contributed by atoms with Crippen LogP contribution in [0.3, 0.4) is 0 Å². The number of nitrogens with zero attached hydrogens (tertiary/aromatic N) is 1. The lowest BCUT2D eigenvalue weighted by Crippen LogP contribution is -2.39. The van der Waals surface area contributed by atoms with E-state index in [-0.39, 0.29) is 0 Å². The van der Waals surface area contributed by atoms with E-state index >= 15 is 0 Å². The highest BCUT2D eigenvalue weighted by Crippen LogP contribution is 2.17. The fourth-order valence-electron chi connectivity index (χ4n) is 2.88. The fraction of sp³-hybridized carbons (Fsp3) is 0.647. The van der Waals surface area contributed by atoms with E-state index in [1.165, 1.54) is 31.2 Å². The summed E-state index contributed by atoms with van der Waals surface area (Å²) in [6.45, 7) is 7.90. The van der Waals surface area contributed by atoms with Crippen molar-refractivity contribution in [2.75, 3.05) is 13.1 Å². The number of hydrogen-bond acceptors (Lipinski definition) is 2. The fourth-order valence-corrected chi connectivity index (χ4v) is 2.88. The van der Waals surface area contributed by atoms with Gasteiger partial charge in [0.25, 0.3) is 0 Å². The number of hydrogen-bond donors (Lipinski definition) is 1. The van der Waals surface area contributed by atoms with Gasteiger partial charge in [0.15, 0.2) is 0 Å². The van der Waals surface area contributed by atoms with Crippen molar-refractivity contribution >= 4 is 0 Å². The van der Waals surface area contributed by atoms with E-state index in [0.29, 0.717) is 6.04 Å². The predicted octanol–water partition coefficient (Wildman–Crippen LogP) is 3.43. The van der Waals surface area contributed by atoms with Gasteiger partial charge in [-0.15, -0.1) is 0 Å². The summed E-state index contributed by atoms with van der Waals surface area (Å²) in [4.78, 5) is 2.55. The molecule has 1 saturated carbocycles. The highest BCUT2D eigenvalue weighted by atomic mass is 15.2. The molecule has 0 aliphatic heterocycles. The topological polar surface area (TPSA) is 15.3 Å². The van der Waals surface area contributed by atoms with E-state index in [1.54, 1.807) is 0 Å². The summed E-state index contributed by atoms with van der Waals surface area (Å²) in [7, 11) is 0. The van der Waals surface area contributed by atoms with Gasteiger partial charge >= 0.3 is 0 Å². The second-order valence-corrected chi connectivity index (χ2v) is 5.99. The number of rotatable bonds is 7. The summed E-state index contributed by atoms with van der Waals surface area (Å²) in [6, 6.07) is 12.2. The van der Waals surface area contributed by atoms with Crippen LogP contribution >= 0.6 is 0 Å². The highest BCUT2D eigenvalue weighted by Gasteiger charge is 2.15. The van der Waals surface area contributed by atoms with Gasteiger partial charge < -0.3 is 5.32 Å². The molecule has 1 N–H and O–H groups in total. The van der Waals surface area contributed by atoms with E-state index in [1.807, 2.05) is 0 Å². The lowest BCUT2D eigenvalue weighted by Gasteiger charge is -2.27. The molecule has 19 heavy (non-hydrogen) atoms. The first-order chi connectivity index (χ1) is 9.25. The average Bonchev–Trinajstić information content (AvgIpc) is 2.92. The van der Waals surface area contributed by atoms with Crippen LogP contribution in [0.25, 0.3) is 0 Å². The van der Waals surface area contributed by atoms with Gasteiger partial charge in [-0.25, -0.2) is 0 Å². The van der Waals surface area contributed by atoms with Gasteiger partial charge in [-0.2, -0.15) is 0 Å². The van der Waals surface area contributed by atoms with Crippen molar-refractivity contribution in [2.45, 2.75) is 58.2 Å². The van der Waals surface area contributed by atoms with E-state index in [0.717, 1.165) is 25.7 Å². The predicted molar refractivity (Wildman–Crippen MR) is 82.2 cm³/mol. The normalized spacial score (nSPS) is 16.6. The van der Waals surface area contributed by atoms with Crippen molar-refractivity contribution in [2.24, 2.45) is 0 Å².